The van der Waals surface area contributed by atoms with Crippen LogP contribution in [0.25, 0.3) is 0 Å². The lowest BCUT2D eigenvalue weighted by atomic mass is 10.1. The average molecular weight is 325 g/mol. The third-order valence-electron chi connectivity index (χ3n) is 2.04. The number of nitrogens with one attached hydrogen (secondary N) is 1. The van der Waals surface area contributed by atoms with Gasteiger partial charge in [0.15, 0.2) is 0 Å². The molecule has 0 saturated carbocycles. The van der Waals surface area contributed by atoms with Crippen molar-refractivity contribution >= 4 is 28.7 Å². The molecule has 0 aromatic heterocycles. The van der Waals surface area contributed by atoms with E-state index in [0.29, 0.717) is 13.0 Å². The lowest BCUT2D eigenvalue weighted by Crippen LogP contribution is -2.43. The molecule has 1 amide bonds. The van der Waals surface area contributed by atoms with Gasteiger partial charge >= 0.3 is 6.09 Å². The van der Waals surface area contributed by atoms with Gasteiger partial charge in [0.25, 0.3) is 0 Å². The molecule has 0 aliphatic rings. The topological polar surface area (TPSA) is 58.6 Å². The maximum absolute atomic E-state index is 10.5. The number of hydrogen-bond donors (Lipinski definition) is 2. The van der Waals surface area contributed by atoms with Crippen LogP contribution in [-0.2, 0) is 4.74 Å². The molecule has 0 saturated heterocycles. The quantitative estimate of drug-likeness (QED) is 0.582. The van der Waals surface area contributed by atoms with E-state index >= 15 is 0 Å². The van der Waals surface area contributed by atoms with Gasteiger partial charge in [0.2, 0.25) is 0 Å². The van der Waals surface area contributed by atoms with Crippen molar-refractivity contribution < 1.29 is 14.6 Å². The summed E-state index contributed by atoms with van der Waals surface area (Å²) in [5.41, 5.74) is 0. The monoisotopic (exact) mass is 325 g/mol. The Kier molecular flexibility index (Phi) is 8.52. The van der Waals surface area contributed by atoms with Gasteiger partial charge in [0, 0.05) is 22.6 Å². The number of rotatable bonds is 6. The number of carboxylic acid groups (broad SMARTS) is 1. The lowest BCUT2D eigenvalue weighted by molar-refractivity contribution is 0.0435. The largest absolute Gasteiger partial charge is 0.465 e. The summed E-state index contributed by atoms with van der Waals surface area (Å²) >= 11 is 1.94. The summed E-state index contributed by atoms with van der Waals surface area (Å²) in [6, 6.07) is -0.163. The van der Waals surface area contributed by atoms with Crippen LogP contribution in [0.5, 0.6) is 0 Å². The van der Waals surface area contributed by atoms with Gasteiger partial charge in [0.05, 0.1) is 12.1 Å². The molecule has 0 aromatic carbocycles. The highest BCUT2D eigenvalue weighted by Gasteiger charge is 2.20. The van der Waals surface area contributed by atoms with Gasteiger partial charge in [-0.15, -0.1) is 0 Å². The third kappa shape index (κ3) is 6.57. The maximum atomic E-state index is 10.5. The van der Waals surface area contributed by atoms with E-state index in [4.69, 9.17) is 9.84 Å². The number of halogens is 1. The van der Waals surface area contributed by atoms with Crippen LogP contribution in [0.4, 0.5) is 4.79 Å². The molecule has 86 valence electrons. The van der Waals surface area contributed by atoms with Gasteiger partial charge in [0.1, 0.15) is 6.61 Å². The Bertz CT molecular complexity index is 247. The van der Waals surface area contributed by atoms with Crippen LogP contribution in [-0.4, -0.2) is 30.0 Å². The van der Waals surface area contributed by atoms with Gasteiger partial charge in [-0.05, 0) is 16.8 Å². The molecule has 0 rings (SSSR count). The molecule has 2 N–H and O–H groups in total. The van der Waals surface area contributed by atoms with Crippen LogP contribution in [0.3, 0.4) is 0 Å². The summed E-state index contributed by atoms with van der Waals surface area (Å²) < 4.78 is 8.18. The number of carbonyl (C=O) groups is 1. The van der Waals surface area contributed by atoms with Crippen LogP contribution in [0.1, 0.15) is 26.7 Å². The van der Waals surface area contributed by atoms with E-state index in [1.807, 2.05) is 36.4 Å². The first-order valence-electron chi connectivity index (χ1n) is 4.85. The Hall–Kier alpha value is -0.480. The third-order valence-corrected chi connectivity index (χ3v) is 2.42. The minimum absolute atomic E-state index is 0.108. The fourth-order valence-electron chi connectivity index (χ4n) is 1.31. The molecule has 0 radical (unpaired) electrons. The standard InChI is InChI=1S/C10H16INO3/c1-3-8(12-10(13)14)9(4-2)15-7-5-6-11/h8-9,12H,3-4,7H2,1-2H3,(H,13,14). The predicted octanol–water partition coefficient (Wildman–Crippen LogP) is 2.22. The molecule has 5 heteroatoms. The normalized spacial score (nSPS) is 13.5. The van der Waals surface area contributed by atoms with E-state index in [-0.39, 0.29) is 12.1 Å². The van der Waals surface area contributed by atoms with Gasteiger partial charge in [-0.3, -0.25) is 0 Å². The zero-order valence-corrected chi connectivity index (χ0v) is 11.1. The first-order chi connectivity index (χ1) is 7.15. The molecule has 0 heterocycles. The van der Waals surface area contributed by atoms with Crippen LogP contribution in [0.2, 0.25) is 0 Å². The van der Waals surface area contributed by atoms with Crippen LogP contribution in [0.15, 0.2) is 0 Å². The molecular weight excluding hydrogens is 309 g/mol. The molecule has 0 aliphatic heterocycles. The number of ether oxygens (including phenoxy) is 1. The van der Waals surface area contributed by atoms with Crippen LogP contribution < -0.4 is 5.32 Å². The number of hydrogen-bond acceptors (Lipinski definition) is 2. The van der Waals surface area contributed by atoms with Crippen LogP contribution >= 0.6 is 22.6 Å². The second-order valence-electron chi connectivity index (χ2n) is 2.99. The first-order valence-corrected chi connectivity index (χ1v) is 5.93. The zero-order chi connectivity index (χ0) is 11.7. The minimum atomic E-state index is -1.01. The summed E-state index contributed by atoms with van der Waals surface area (Å²) in [4.78, 5) is 10.5. The van der Waals surface area contributed by atoms with Crippen molar-refractivity contribution in [2.75, 3.05) is 6.61 Å². The van der Waals surface area contributed by atoms with Crippen LogP contribution in [0, 0.1) is 9.85 Å². The van der Waals surface area contributed by atoms with Gasteiger partial charge in [-0.25, -0.2) is 4.79 Å². The summed E-state index contributed by atoms with van der Waals surface area (Å²) in [5.74, 6) is 2.78. The lowest BCUT2D eigenvalue weighted by Gasteiger charge is -2.24. The molecule has 0 spiro atoms. The van der Waals surface area contributed by atoms with Gasteiger partial charge < -0.3 is 15.2 Å². The van der Waals surface area contributed by atoms with Gasteiger partial charge in [-0.2, -0.15) is 0 Å². The Morgan fingerprint density at radius 3 is 2.60 bits per heavy atom. The summed E-state index contributed by atoms with van der Waals surface area (Å²) in [7, 11) is 0. The summed E-state index contributed by atoms with van der Waals surface area (Å²) in [6.07, 6.45) is 0.358. The van der Waals surface area contributed by atoms with E-state index in [2.05, 4.69) is 15.2 Å². The van der Waals surface area contributed by atoms with Crippen molar-refractivity contribution in [2.24, 2.45) is 0 Å². The minimum Gasteiger partial charge on any atom is -0.465 e. The molecule has 2 atom stereocenters. The maximum Gasteiger partial charge on any atom is 0.404 e. The Balaban J connectivity index is 4.17. The van der Waals surface area contributed by atoms with E-state index in [0.717, 1.165) is 6.42 Å². The van der Waals surface area contributed by atoms with Crippen molar-refractivity contribution in [1.82, 2.24) is 5.32 Å². The Morgan fingerprint density at radius 1 is 1.53 bits per heavy atom. The molecule has 0 aromatic rings. The second kappa shape index (κ2) is 8.80. The summed E-state index contributed by atoms with van der Waals surface area (Å²) in [5, 5.41) is 11.1. The Morgan fingerprint density at radius 2 is 2.20 bits per heavy atom. The smallest absolute Gasteiger partial charge is 0.404 e. The molecule has 2 unspecified atom stereocenters. The molecule has 0 fully saturated rings. The molecule has 4 nitrogen and oxygen atoms in total. The second-order valence-corrected chi connectivity index (χ2v) is 3.53. The fourth-order valence-corrected chi connectivity index (χ4v) is 1.47. The predicted molar refractivity (Wildman–Crippen MR) is 67.1 cm³/mol. The highest BCUT2D eigenvalue weighted by Crippen LogP contribution is 2.07. The van der Waals surface area contributed by atoms with E-state index in [1.165, 1.54) is 0 Å². The molecular formula is C10H16INO3. The SMILES string of the molecule is CCC(NC(=O)O)C(CC)OCC#CI. The first kappa shape index (κ1) is 14.5. The Labute approximate surface area is 104 Å². The van der Waals surface area contributed by atoms with E-state index in [9.17, 15) is 4.79 Å². The summed E-state index contributed by atoms with van der Waals surface area (Å²) in [6.45, 7) is 4.24. The van der Waals surface area contributed by atoms with Gasteiger partial charge in [-0.1, -0.05) is 19.8 Å². The van der Waals surface area contributed by atoms with E-state index in [1.54, 1.807) is 0 Å². The number of amides is 1. The van der Waals surface area contributed by atoms with Crippen molar-refractivity contribution in [3.05, 3.63) is 0 Å². The molecule has 15 heavy (non-hydrogen) atoms. The van der Waals surface area contributed by atoms with E-state index < -0.39 is 6.09 Å². The van der Waals surface area contributed by atoms with Crippen molar-refractivity contribution in [3.8, 4) is 9.85 Å². The molecule has 0 bridgehead atoms. The van der Waals surface area contributed by atoms with Crippen molar-refractivity contribution in [1.29, 1.82) is 0 Å². The van der Waals surface area contributed by atoms with Crippen molar-refractivity contribution in [2.45, 2.75) is 38.8 Å². The highest BCUT2D eigenvalue weighted by molar-refractivity contribution is 14.1. The molecule has 0 aliphatic carbocycles. The fraction of sp³-hybridized carbons (Fsp3) is 0.700. The zero-order valence-electron chi connectivity index (χ0n) is 8.92. The highest BCUT2D eigenvalue weighted by atomic mass is 127. The van der Waals surface area contributed by atoms with Crippen molar-refractivity contribution in [3.63, 3.8) is 0 Å². The average Bonchev–Trinajstić information content (AvgIpc) is 2.21.